The number of halogens is 1. The Morgan fingerprint density at radius 3 is 2.67 bits per heavy atom. The monoisotopic (exact) mass is 249 g/mol. The van der Waals surface area contributed by atoms with E-state index in [1.54, 1.807) is 0 Å². The molecule has 0 aliphatic heterocycles. The molecular formula is C12H8FNO4. The molecule has 1 aromatic heterocycles. The van der Waals surface area contributed by atoms with Crippen molar-refractivity contribution in [1.29, 1.82) is 0 Å². The minimum Gasteiger partial charge on any atom is -0.507 e. The molecule has 0 spiro atoms. The van der Waals surface area contributed by atoms with Gasteiger partial charge in [0, 0.05) is 17.3 Å². The number of carbonyl (C=O) groups is 1. The number of carboxylic acids is 1. The maximum absolute atomic E-state index is 13.1. The summed E-state index contributed by atoms with van der Waals surface area (Å²) in [7, 11) is 0. The van der Waals surface area contributed by atoms with E-state index in [0.717, 1.165) is 24.3 Å². The first-order valence-electron chi connectivity index (χ1n) is 4.94. The van der Waals surface area contributed by atoms with E-state index in [9.17, 15) is 19.1 Å². The van der Waals surface area contributed by atoms with Crippen LogP contribution in [0.1, 0.15) is 10.4 Å². The second-order valence-electron chi connectivity index (χ2n) is 3.60. The number of hydrogen-bond acceptors (Lipinski definition) is 3. The van der Waals surface area contributed by atoms with Crippen molar-refractivity contribution in [2.45, 2.75) is 0 Å². The van der Waals surface area contributed by atoms with Gasteiger partial charge in [-0.3, -0.25) is 4.79 Å². The minimum absolute atomic E-state index is 0.105. The highest BCUT2D eigenvalue weighted by atomic mass is 19.1. The summed E-state index contributed by atoms with van der Waals surface area (Å²) >= 11 is 0. The number of hydrogen-bond donors (Lipinski definition) is 3. The Morgan fingerprint density at radius 1 is 1.28 bits per heavy atom. The van der Waals surface area contributed by atoms with E-state index in [4.69, 9.17) is 5.11 Å². The van der Waals surface area contributed by atoms with Crippen LogP contribution in [0, 0.1) is 5.82 Å². The number of rotatable bonds is 2. The highest BCUT2D eigenvalue weighted by Gasteiger charge is 2.12. The standard InChI is InChI=1S/C12H8FNO4/c13-7-1-2-10(15)8(4-7)6-3-9(12(17)18)11(16)14-5-6/h1-5,15H,(H,14,16)(H,17,18). The summed E-state index contributed by atoms with van der Waals surface area (Å²) in [5, 5.41) is 18.4. The number of aromatic carboxylic acids is 1. The van der Waals surface area contributed by atoms with Crippen molar-refractivity contribution >= 4 is 5.97 Å². The number of aromatic hydroxyl groups is 1. The number of H-pyrrole nitrogens is 1. The number of aromatic amines is 1. The highest BCUT2D eigenvalue weighted by molar-refractivity contribution is 5.89. The van der Waals surface area contributed by atoms with Gasteiger partial charge >= 0.3 is 5.97 Å². The topological polar surface area (TPSA) is 90.4 Å². The molecule has 1 aromatic carbocycles. The summed E-state index contributed by atoms with van der Waals surface area (Å²) in [6, 6.07) is 4.35. The van der Waals surface area contributed by atoms with Crippen LogP contribution in [-0.2, 0) is 0 Å². The quantitative estimate of drug-likeness (QED) is 0.753. The van der Waals surface area contributed by atoms with Crippen LogP contribution in [0.2, 0.25) is 0 Å². The van der Waals surface area contributed by atoms with E-state index < -0.39 is 22.9 Å². The lowest BCUT2D eigenvalue weighted by atomic mass is 10.0. The number of benzene rings is 1. The number of phenols is 1. The molecular weight excluding hydrogens is 241 g/mol. The molecule has 0 atom stereocenters. The van der Waals surface area contributed by atoms with E-state index in [0.29, 0.717) is 0 Å². The fraction of sp³-hybridized carbons (Fsp3) is 0. The third kappa shape index (κ3) is 2.08. The van der Waals surface area contributed by atoms with E-state index in [2.05, 4.69) is 4.98 Å². The first-order valence-corrected chi connectivity index (χ1v) is 4.94. The lowest BCUT2D eigenvalue weighted by Gasteiger charge is -2.05. The van der Waals surface area contributed by atoms with Crippen LogP contribution in [0.4, 0.5) is 4.39 Å². The summed E-state index contributed by atoms with van der Waals surface area (Å²) in [6.45, 7) is 0. The molecule has 0 fully saturated rings. The normalized spacial score (nSPS) is 10.3. The molecule has 18 heavy (non-hydrogen) atoms. The van der Waals surface area contributed by atoms with Crippen LogP contribution < -0.4 is 5.56 Å². The molecule has 0 aliphatic carbocycles. The van der Waals surface area contributed by atoms with Crippen molar-refractivity contribution in [3.05, 3.63) is 52.2 Å². The van der Waals surface area contributed by atoms with Gasteiger partial charge in [-0.2, -0.15) is 0 Å². The van der Waals surface area contributed by atoms with Crippen molar-refractivity contribution in [2.24, 2.45) is 0 Å². The molecule has 6 heteroatoms. The predicted octanol–water partition coefficient (Wildman–Crippen LogP) is 1.58. The van der Waals surface area contributed by atoms with Crippen LogP contribution >= 0.6 is 0 Å². The number of carboxylic acid groups (broad SMARTS) is 1. The number of nitrogens with one attached hydrogen (secondary N) is 1. The van der Waals surface area contributed by atoms with Crippen molar-refractivity contribution in [2.75, 3.05) is 0 Å². The predicted molar refractivity (Wildman–Crippen MR) is 61.1 cm³/mol. The van der Waals surface area contributed by atoms with E-state index >= 15 is 0 Å². The van der Waals surface area contributed by atoms with Gasteiger partial charge < -0.3 is 15.2 Å². The van der Waals surface area contributed by atoms with Gasteiger partial charge in [-0.05, 0) is 24.3 Å². The lowest BCUT2D eigenvalue weighted by molar-refractivity contribution is 0.0695. The summed E-state index contributed by atoms with van der Waals surface area (Å²) in [5.74, 6) is -2.18. The van der Waals surface area contributed by atoms with Gasteiger partial charge in [0.05, 0.1) is 0 Å². The first kappa shape index (κ1) is 11.8. The van der Waals surface area contributed by atoms with Gasteiger partial charge in [0.25, 0.3) is 5.56 Å². The Bertz CT molecular complexity index is 678. The van der Waals surface area contributed by atoms with Crippen LogP contribution in [0.3, 0.4) is 0 Å². The maximum Gasteiger partial charge on any atom is 0.341 e. The number of phenolic OH excluding ortho intramolecular Hbond substituents is 1. The van der Waals surface area contributed by atoms with Crippen LogP contribution in [0.25, 0.3) is 11.1 Å². The van der Waals surface area contributed by atoms with Gasteiger partial charge in [0.2, 0.25) is 0 Å². The van der Waals surface area contributed by atoms with Gasteiger partial charge in [0.15, 0.2) is 0 Å². The van der Waals surface area contributed by atoms with Crippen molar-refractivity contribution in [3.8, 4) is 16.9 Å². The third-order valence-corrected chi connectivity index (χ3v) is 2.40. The first-order chi connectivity index (χ1) is 8.49. The minimum atomic E-state index is -1.39. The molecule has 92 valence electrons. The van der Waals surface area contributed by atoms with Crippen LogP contribution in [0.15, 0.2) is 35.3 Å². The fourth-order valence-electron chi connectivity index (χ4n) is 1.54. The largest absolute Gasteiger partial charge is 0.507 e. The van der Waals surface area contributed by atoms with E-state index in [1.165, 1.54) is 6.20 Å². The highest BCUT2D eigenvalue weighted by Crippen LogP contribution is 2.29. The van der Waals surface area contributed by atoms with E-state index in [-0.39, 0.29) is 16.9 Å². The second kappa shape index (κ2) is 4.33. The molecule has 1 heterocycles. The molecule has 0 aliphatic rings. The second-order valence-corrected chi connectivity index (χ2v) is 3.60. The summed E-state index contributed by atoms with van der Waals surface area (Å²) < 4.78 is 13.1. The third-order valence-electron chi connectivity index (χ3n) is 2.40. The summed E-state index contributed by atoms with van der Waals surface area (Å²) in [6.07, 6.45) is 1.21. The lowest BCUT2D eigenvalue weighted by Crippen LogP contribution is -2.16. The molecule has 5 nitrogen and oxygen atoms in total. The van der Waals surface area contributed by atoms with Crippen molar-refractivity contribution in [3.63, 3.8) is 0 Å². The smallest absolute Gasteiger partial charge is 0.341 e. The Hall–Kier alpha value is -2.63. The molecule has 2 rings (SSSR count). The average Bonchev–Trinajstić information content (AvgIpc) is 2.33. The zero-order chi connectivity index (χ0) is 13.3. The Morgan fingerprint density at radius 2 is 2.00 bits per heavy atom. The Balaban J connectivity index is 2.65. The average molecular weight is 249 g/mol. The fourth-order valence-corrected chi connectivity index (χ4v) is 1.54. The number of aromatic nitrogens is 1. The van der Waals surface area contributed by atoms with Gasteiger partial charge in [-0.25, -0.2) is 9.18 Å². The SMILES string of the molecule is O=C(O)c1cc(-c2cc(F)ccc2O)c[nH]c1=O. The van der Waals surface area contributed by atoms with Gasteiger partial charge in [-0.15, -0.1) is 0 Å². The molecule has 0 bridgehead atoms. The van der Waals surface area contributed by atoms with E-state index in [1.807, 2.05) is 0 Å². The van der Waals surface area contributed by atoms with Gasteiger partial charge in [0.1, 0.15) is 17.1 Å². The van der Waals surface area contributed by atoms with Crippen molar-refractivity contribution in [1.82, 2.24) is 4.98 Å². The molecule has 0 saturated heterocycles. The van der Waals surface area contributed by atoms with Crippen LogP contribution in [-0.4, -0.2) is 21.2 Å². The molecule has 0 saturated carbocycles. The molecule has 0 amide bonds. The number of pyridine rings is 1. The maximum atomic E-state index is 13.1. The Kier molecular flexibility index (Phi) is 2.85. The summed E-state index contributed by atoms with van der Waals surface area (Å²) in [5.41, 5.74) is -0.920. The van der Waals surface area contributed by atoms with Crippen LogP contribution in [0.5, 0.6) is 5.75 Å². The van der Waals surface area contributed by atoms with Crippen molar-refractivity contribution < 1.29 is 19.4 Å². The van der Waals surface area contributed by atoms with Gasteiger partial charge in [-0.1, -0.05) is 0 Å². The molecule has 0 radical (unpaired) electrons. The molecule has 0 unspecified atom stereocenters. The molecule has 3 N–H and O–H groups in total. The zero-order valence-corrected chi connectivity index (χ0v) is 8.98. The summed E-state index contributed by atoms with van der Waals surface area (Å²) in [4.78, 5) is 24.2. The zero-order valence-electron chi connectivity index (χ0n) is 8.98. The molecule has 2 aromatic rings. The Labute approximate surface area is 100 Å².